The molecule has 3 heteroatoms. The molecule has 1 amide bonds. The van der Waals surface area contributed by atoms with Crippen LogP contribution in [0.25, 0.3) is 0 Å². The second-order valence-electron chi connectivity index (χ2n) is 4.46. The van der Waals surface area contributed by atoms with Crippen LogP contribution in [0.5, 0.6) is 0 Å². The Kier molecular flexibility index (Phi) is 4.31. The van der Waals surface area contributed by atoms with Gasteiger partial charge in [0, 0.05) is 6.54 Å². The summed E-state index contributed by atoms with van der Waals surface area (Å²) in [6.07, 6.45) is -1.12. The largest absolute Gasteiger partial charge is 0.378 e. The van der Waals surface area contributed by atoms with Crippen LogP contribution in [0.4, 0.5) is 0 Å². The van der Waals surface area contributed by atoms with Gasteiger partial charge in [0.25, 0.3) is 5.91 Å². The molecule has 0 saturated carbocycles. The van der Waals surface area contributed by atoms with Crippen molar-refractivity contribution in [1.29, 1.82) is 0 Å². The van der Waals surface area contributed by atoms with Crippen molar-refractivity contribution in [3.63, 3.8) is 0 Å². The fourth-order valence-electron chi connectivity index (χ4n) is 1.92. The molecule has 0 aliphatic carbocycles. The summed E-state index contributed by atoms with van der Waals surface area (Å²) in [7, 11) is 0. The zero-order chi connectivity index (χ0) is 13.7. The minimum Gasteiger partial charge on any atom is -0.378 e. The Morgan fingerprint density at radius 2 is 1.74 bits per heavy atom. The summed E-state index contributed by atoms with van der Waals surface area (Å²) in [5.74, 6) is -0.377. The number of aliphatic hydroxyl groups is 1. The average Bonchev–Trinajstić information content (AvgIpc) is 2.45. The Balaban J connectivity index is 1.99. The third-order valence-corrected chi connectivity index (χ3v) is 3.04. The molecule has 0 fully saturated rings. The van der Waals surface area contributed by atoms with E-state index in [0.29, 0.717) is 12.1 Å². The number of aryl methyl sites for hydroxylation is 1. The molecule has 3 nitrogen and oxygen atoms in total. The first-order valence-corrected chi connectivity index (χ1v) is 6.23. The fourth-order valence-corrected chi connectivity index (χ4v) is 1.92. The Labute approximate surface area is 112 Å². The van der Waals surface area contributed by atoms with Crippen molar-refractivity contribution in [1.82, 2.24) is 5.32 Å². The average molecular weight is 255 g/mol. The number of amides is 1. The predicted molar refractivity (Wildman–Crippen MR) is 74.4 cm³/mol. The van der Waals surface area contributed by atoms with Gasteiger partial charge in [-0.3, -0.25) is 4.79 Å². The van der Waals surface area contributed by atoms with Gasteiger partial charge in [-0.2, -0.15) is 0 Å². The summed E-state index contributed by atoms with van der Waals surface area (Å²) >= 11 is 0. The summed E-state index contributed by atoms with van der Waals surface area (Å²) in [6.45, 7) is 2.30. The molecular weight excluding hydrogens is 238 g/mol. The van der Waals surface area contributed by atoms with Gasteiger partial charge in [-0.05, 0) is 23.6 Å². The molecule has 2 aromatic rings. The quantitative estimate of drug-likeness (QED) is 0.881. The first-order valence-electron chi connectivity index (χ1n) is 6.23. The maximum Gasteiger partial charge on any atom is 0.253 e. The first-order chi connectivity index (χ1) is 9.18. The number of hydrogen-bond donors (Lipinski definition) is 2. The second kappa shape index (κ2) is 6.16. The van der Waals surface area contributed by atoms with Crippen LogP contribution in [0.3, 0.4) is 0 Å². The topological polar surface area (TPSA) is 49.3 Å². The minimum absolute atomic E-state index is 0.377. The van der Waals surface area contributed by atoms with Crippen molar-refractivity contribution in [2.75, 3.05) is 0 Å². The molecule has 2 rings (SSSR count). The Bertz CT molecular complexity index is 552. The molecule has 0 aliphatic rings. The van der Waals surface area contributed by atoms with Crippen LogP contribution in [0.1, 0.15) is 22.8 Å². The molecular formula is C16H17NO2. The van der Waals surface area contributed by atoms with Crippen LogP contribution in [0.2, 0.25) is 0 Å². The van der Waals surface area contributed by atoms with Crippen LogP contribution in [-0.4, -0.2) is 11.0 Å². The molecule has 0 heterocycles. The van der Waals surface area contributed by atoms with Gasteiger partial charge in [0.05, 0.1) is 0 Å². The highest BCUT2D eigenvalue weighted by Gasteiger charge is 2.18. The third-order valence-electron chi connectivity index (χ3n) is 3.04. The summed E-state index contributed by atoms with van der Waals surface area (Å²) < 4.78 is 0. The van der Waals surface area contributed by atoms with E-state index in [1.807, 2.05) is 55.5 Å². The van der Waals surface area contributed by atoms with E-state index >= 15 is 0 Å². The van der Waals surface area contributed by atoms with E-state index in [-0.39, 0.29) is 5.91 Å². The van der Waals surface area contributed by atoms with Crippen LogP contribution >= 0.6 is 0 Å². The van der Waals surface area contributed by atoms with Crippen molar-refractivity contribution < 1.29 is 9.90 Å². The number of hydrogen-bond acceptors (Lipinski definition) is 2. The molecule has 2 N–H and O–H groups in total. The number of nitrogens with one attached hydrogen (secondary N) is 1. The zero-order valence-electron chi connectivity index (χ0n) is 10.8. The van der Waals surface area contributed by atoms with E-state index in [2.05, 4.69) is 5.32 Å². The standard InChI is InChI=1S/C16H17NO2/c1-12-7-5-6-10-14(12)15(18)16(19)17-11-13-8-3-2-4-9-13/h2-10,15,18H,11H2,1H3,(H,17,19)/t15-/m1/s1. The number of carbonyl (C=O) groups excluding carboxylic acids is 1. The van der Waals surface area contributed by atoms with Crippen molar-refractivity contribution in [2.45, 2.75) is 19.6 Å². The summed E-state index contributed by atoms with van der Waals surface area (Å²) in [4.78, 5) is 11.9. The zero-order valence-corrected chi connectivity index (χ0v) is 10.8. The number of aliphatic hydroxyl groups excluding tert-OH is 1. The highest BCUT2D eigenvalue weighted by Crippen LogP contribution is 2.17. The molecule has 19 heavy (non-hydrogen) atoms. The maximum atomic E-state index is 11.9. The lowest BCUT2D eigenvalue weighted by molar-refractivity contribution is -0.129. The molecule has 0 spiro atoms. The van der Waals surface area contributed by atoms with Gasteiger partial charge < -0.3 is 10.4 Å². The monoisotopic (exact) mass is 255 g/mol. The van der Waals surface area contributed by atoms with Gasteiger partial charge in [-0.15, -0.1) is 0 Å². The van der Waals surface area contributed by atoms with Crippen LogP contribution in [0, 0.1) is 6.92 Å². The lowest BCUT2D eigenvalue weighted by Gasteiger charge is -2.13. The van der Waals surface area contributed by atoms with E-state index in [1.165, 1.54) is 0 Å². The minimum atomic E-state index is -1.12. The normalized spacial score (nSPS) is 11.9. The third kappa shape index (κ3) is 3.42. The molecule has 0 aliphatic heterocycles. The molecule has 0 unspecified atom stereocenters. The van der Waals surface area contributed by atoms with Gasteiger partial charge in [0.2, 0.25) is 0 Å². The Morgan fingerprint density at radius 1 is 1.11 bits per heavy atom. The van der Waals surface area contributed by atoms with E-state index in [9.17, 15) is 9.90 Å². The van der Waals surface area contributed by atoms with Gasteiger partial charge >= 0.3 is 0 Å². The van der Waals surface area contributed by atoms with Crippen molar-refractivity contribution in [3.05, 3.63) is 71.3 Å². The molecule has 1 atom stereocenters. The van der Waals surface area contributed by atoms with Gasteiger partial charge in [0.1, 0.15) is 0 Å². The molecule has 0 bridgehead atoms. The highest BCUT2D eigenvalue weighted by molar-refractivity contribution is 5.82. The maximum absolute atomic E-state index is 11.9. The van der Waals surface area contributed by atoms with E-state index in [0.717, 1.165) is 11.1 Å². The van der Waals surface area contributed by atoms with E-state index < -0.39 is 6.10 Å². The first kappa shape index (κ1) is 13.3. The van der Waals surface area contributed by atoms with Crippen LogP contribution < -0.4 is 5.32 Å². The smallest absolute Gasteiger partial charge is 0.253 e. The van der Waals surface area contributed by atoms with Gasteiger partial charge in [0.15, 0.2) is 6.10 Å². The number of carbonyl (C=O) groups is 1. The number of rotatable bonds is 4. The fraction of sp³-hybridized carbons (Fsp3) is 0.188. The van der Waals surface area contributed by atoms with E-state index in [4.69, 9.17) is 0 Å². The lowest BCUT2D eigenvalue weighted by atomic mass is 10.0. The van der Waals surface area contributed by atoms with Crippen LogP contribution in [-0.2, 0) is 11.3 Å². The Hall–Kier alpha value is -2.13. The summed E-state index contributed by atoms with van der Waals surface area (Å²) in [5.41, 5.74) is 2.56. The lowest BCUT2D eigenvalue weighted by Crippen LogP contribution is -2.29. The van der Waals surface area contributed by atoms with Gasteiger partial charge in [-0.25, -0.2) is 0 Å². The molecule has 98 valence electrons. The van der Waals surface area contributed by atoms with Crippen molar-refractivity contribution in [2.24, 2.45) is 0 Å². The summed E-state index contributed by atoms with van der Waals surface area (Å²) in [5, 5.41) is 12.8. The van der Waals surface area contributed by atoms with Crippen molar-refractivity contribution >= 4 is 5.91 Å². The predicted octanol–water partition coefficient (Wildman–Crippen LogP) is 2.34. The van der Waals surface area contributed by atoms with E-state index in [1.54, 1.807) is 6.07 Å². The Morgan fingerprint density at radius 3 is 2.42 bits per heavy atom. The molecule has 0 aromatic heterocycles. The SMILES string of the molecule is Cc1ccccc1[C@@H](O)C(=O)NCc1ccccc1. The van der Waals surface area contributed by atoms with Crippen LogP contribution in [0.15, 0.2) is 54.6 Å². The molecule has 0 radical (unpaired) electrons. The summed E-state index contributed by atoms with van der Waals surface area (Å²) in [6, 6.07) is 17.0. The molecule has 0 saturated heterocycles. The van der Waals surface area contributed by atoms with Crippen molar-refractivity contribution in [3.8, 4) is 0 Å². The highest BCUT2D eigenvalue weighted by atomic mass is 16.3. The number of benzene rings is 2. The van der Waals surface area contributed by atoms with Gasteiger partial charge in [-0.1, -0.05) is 54.6 Å². The second-order valence-corrected chi connectivity index (χ2v) is 4.46. The molecule has 2 aromatic carbocycles.